The maximum atomic E-state index is 14.3. The zero-order valence-corrected chi connectivity index (χ0v) is 31.0. The molecule has 0 atom stereocenters. The Kier molecular flexibility index (Phi) is 10.3. The summed E-state index contributed by atoms with van der Waals surface area (Å²) >= 11 is 0. The zero-order valence-electron chi connectivity index (χ0n) is 29.0. The summed E-state index contributed by atoms with van der Waals surface area (Å²) in [7, 11) is 0. The molecule has 54 heavy (non-hydrogen) atoms. The number of carbonyl (C=O) groups excluding carboxylic acids is 4. The van der Waals surface area contributed by atoms with Crippen molar-refractivity contribution in [3.8, 4) is 0 Å². The molecule has 0 amide bonds. The predicted octanol–water partition coefficient (Wildman–Crippen LogP) is 6.47. The molecule has 0 fully saturated rings. The number of benzene rings is 8. The van der Waals surface area contributed by atoms with E-state index in [9.17, 15) is 19.2 Å². The SMILES string of the molecule is O=C(O[B-](OC(=O)c1cccc2ccccc12)(OC(=O)c1cccc2ccccc12)OC(=O)c1cccc2ccccc12)c1cccc2ccccc12.[Na+]. The number of rotatable bonds is 8. The van der Waals surface area contributed by atoms with Gasteiger partial charge in [0.25, 0.3) is 23.9 Å². The summed E-state index contributed by atoms with van der Waals surface area (Å²) in [6.45, 7) is -4.33. The van der Waals surface area contributed by atoms with E-state index < -0.39 is 30.8 Å². The van der Waals surface area contributed by atoms with Crippen LogP contribution in [0.4, 0.5) is 0 Å². The minimum Gasteiger partial charge on any atom is -0.581 e. The topological polar surface area (TPSA) is 105 Å². The molecular formula is C44H28BNaO8. The van der Waals surface area contributed by atoms with Crippen LogP contribution in [0.15, 0.2) is 170 Å². The van der Waals surface area contributed by atoms with Gasteiger partial charge in [0.15, 0.2) is 0 Å². The fraction of sp³-hybridized carbons (Fsp3) is 0. The average molecular weight is 719 g/mol. The van der Waals surface area contributed by atoms with Crippen molar-refractivity contribution in [1.29, 1.82) is 0 Å². The van der Waals surface area contributed by atoms with E-state index in [4.69, 9.17) is 18.6 Å². The number of hydrogen-bond acceptors (Lipinski definition) is 8. The Morgan fingerprint density at radius 2 is 0.500 bits per heavy atom. The molecule has 0 aliphatic heterocycles. The first kappa shape index (κ1) is 36.1. The molecular weight excluding hydrogens is 690 g/mol. The van der Waals surface area contributed by atoms with Crippen molar-refractivity contribution in [2.24, 2.45) is 0 Å². The van der Waals surface area contributed by atoms with Gasteiger partial charge in [0.1, 0.15) is 0 Å². The number of fused-ring (bicyclic) bond motifs is 4. The number of hydrogen-bond donors (Lipinski definition) is 0. The monoisotopic (exact) mass is 718 g/mol. The molecule has 256 valence electrons. The molecule has 0 saturated heterocycles. The molecule has 0 aromatic heterocycles. The number of carbonyl (C=O) groups is 4. The third-order valence-electron chi connectivity index (χ3n) is 9.04. The van der Waals surface area contributed by atoms with Crippen LogP contribution in [0.5, 0.6) is 0 Å². The Balaban J connectivity index is 0.00000450. The van der Waals surface area contributed by atoms with Crippen LogP contribution in [0, 0.1) is 0 Å². The quantitative estimate of drug-likeness (QED) is 0.165. The van der Waals surface area contributed by atoms with Crippen LogP contribution in [0.1, 0.15) is 41.4 Å². The van der Waals surface area contributed by atoms with Crippen LogP contribution in [-0.4, -0.2) is 30.8 Å². The van der Waals surface area contributed by atoms with Gasteiger partial charge in [-0.2, -0.15) is 0 Å². The molecule has 10 heteroatoms. The Morgan fingerprint density at radius 3 is 0.741 bits per heavy atom. The van der Waals surface area contributed by atoms with Gasteiger partial charge in [-0.05, 0) is 67.4 Å². The van der Waals surface area contributed by atoms with E-state index in [0.29, 0.717) is 43.1 Å². The Morgan fingerprint density at radius 1 is 0.296 bits per heavy atom. The molecule has 0 bridgehead atoms. The minimum atomic E-state index is -4.33. The summed E-state index contributed by atoms with van der Waals surface area (Å²) in [5.41, 5.74) is 0.215. The summed E-state index contributed by atoms with van der Waals surface area (Å²) in [6, 6.07) is 48.3. The van der Waals surface area contributed by atoms with E-state index in [-0.39, 0.29) is 51.8 Å². The second-order valence-electron chi connectivity index (χ2n) is 12.3. The molecule has 0 unspecified atom stereocenters. The van der Waals surface area contributed by atoms with Crippen LogP contribution >= 0.6 is 0 Å². The molecule has 8 nitrogen and oxygen atoms in total. The second-order valence-corrected chi connectivity index (χ2v) is 12.3. The second kappa shape index (κ2) is 15.4. The van der Waals surface area contributed by atoms with Gasteiger partial charge in [-0.1, -0.05) is 146 Å². The smallest absolute Gasteiger partial charge is 0.581 e. The largest absolute Gasteiger partial charge is 1.00 e. The van der Waals surface area contributed by atoms with Crippen molar-refractivity contribution >= 4 is 73.9 Å². The molecule has 0 radical (unpaired) electrons. The fourth-order valence-electron chi connectivity index (χ4n) is 6.54. The molecule has 8 rings (SSSR count). The van der Waals surface area contributed by atoms with Gasteiger partial charge in [-0.25, -0.2) is 0 Å². The van der Waals surface area contributed by atoms with E-state index >= 15 is 0 Å². The van der Waals surface area contributed by atoms with Crippen molar-refractivity contribution in [1.82, 2.24) is 0 Å². The summed E-state index contributed by atoms with van der Waals surface area (Å²) in [6.07, 6.45) is 0. The molecule has 0 heterocycles. The van der Waals surface area contributed by atoms with Crippen molar-refractivity contribution in [3.05, 3.63) is 192 Å². The van der Waals surface area contributed by atoms with Crippen LogP contribution < -0.4 is 29.6 Å². The summed E-state index contributed by atoms with van der Waals surface area (Å²) < 4.78 is 23.8. The van der Waals surface area contributed by atoms with Crippen LogP contribution in [0.3, 0.4) is 0 Å². The van der Waals surface area contributed by atoms with E-state index in [0.717, 1.165) is 0 Å². The van der Waals surface area contributed by atoms with Gasteiger partial charge in [0.2, 0.25) is 0 Å². The standard InChI is InChI=1S/C44H28BO8.Na/c46-41(37-25-9-17-29-13-1-5-21-33(29)37)50-45(51-42(47)38-26-10-18-30-14-2-6-22-34(30)38,52-43(48)39-27-11-19-31-15-3-7-23-35(31)39)53-44(49)40-28-12-20-32-16-4-8-24-36(32)40;/h1-28H;/q-1;+1. The first-order chi connectivity index (χ1) is 25.9. The van der Waals surface area contributed by atoms with Gasteiger partial charge >= 0.3 is 36.5 Å². The molecule has 0 spiro atoms. The normalized spacial score (nSPS) is 11.1. The Bertz CT molecular complexity index is 2350. The predicted molar refractivity (Wildman–Crippen MR) is 203 cm³/mol. The maximum absolute atomic E-state index is 14.3. The first-order valence-electron chi connectivity index (χ1n) is 16.9. The molecule has 8 aromatic carbocycles. The first-order valence-corrected chi connectivity index (χ1v) is 16.9. The van der Waals surface area contributed by atoms with Gasteiger partial charge in [-0.3, -0.25) is 19.2 Å². The Labute approximate surface area is 331 Å². The van der Waals surface area contributed by atoms with E-state index in [1.807, 2.05) is 72.8 Å². The molecule has 0 N–H and O–H groups in total. The molecule has 8 aromatic rings. The molecule has 0 saturated carbocycles. The maximum Gasteiger partial charge on any atom is 1.00 e. The van der Waals surface area contributed by atoms with Crippen molar-refractivity contribution in [2.45, 2.75) is 0 Å². The van der Waals surface area contributed by atoms with E-state index in [1.54, 1.807) is 72.8 Å². The third-order valence-corrected chi connectivity index (χ3v) is 9.04. The summed E-state index contributed by atoms with van der Waals surface area (Å²) in [5.74, 6) is -4.26. The van der Waals surface area contributed by atoms with Crippen LogP contribution in [0.2, 0.25) is 0 Å². The Hall–Kier alpha value is -6.26. The molecule has 0 aliphatic rings. The average Bonchev–Trinajstić information content (AvgIpc) is 3.19. The van der Waals surface area contributed by atoms with Crippen LogP contribution in [-0.2, 0) is 18.6 Å². The van der Waals surface area contributed by atoms with E-state index in [2.05, 4.69) is 0 Å². The third kappa shape index (κ3) is 7.08. The fourth-order valence-corrected chi connectivity index (χ4v) is 6.54. The van der Waals surface area contributed by atoms with Gasteiger partial charge in [-0.15, -0.1) is 0 Å². The van der Waals surface area contributed by atoms with Crippen molar-refractivity contribution < 1.29 is 67.4 Å². The minimum absolute atomic E-state index is 0. The molecule has 0 aliphatic carbocycles. The van der Waals surface area contributed by atoms with Crippen LogP contribution in [0.25, 0.3) is 43.1 Å². The summed E-state index contributed by atoms with van der Waals surface area (Å²) in [5, 5.41) is 4.89. The zero-order chi connectivity index (χ0) is 36.4. The summed E-state index contributed by atoms with van der Waals surface area (Å²) in [4.78, 5) is 57.1. The van der Waals surface area contributed by atoms with Crippen molar-refractivity contribution in [2.75, 3.05) is 0 Å². The van der Waals surface area contributed by atoms with Gasteiger partial charge in [0, 0.05) is 0 Å². The van der Waals surface area contributed by atoms with Gasteiger partial charge < -0.3 is 18.6 Å². The van der Waals surface area contributed by atoms with E-state index in [1.165, 1.54) is 24.3 Å². The van der Waals surface area contributed by atoms with Gasteiger partial charge in [0.05, 0.1) is 22.3 Å². The van der Waals surface area contributed by atoms with Crippen molar-refractivity contribution in [3.63, 3.8) is 0 Å².